The maximum atomic E-state index is 3.95. The van der Waals surface area contributed by atoms with Gasteiger partial charge >= 0.3 is 0 Å². The summed E-state index contributed by atoms with van der Waals surface area (Å²) in [6, 6.07) is 9.01. The van der Waals surface area contributed by atoms with Crippen LogP contribution in [-0.2, 0) is 6.42 Å². The molecule has 164 valence electrons. The molecule has 0 heterocycles. The van der Waals surface area contributed by atoms with E-state index in [4.69, 9.17) is 0 Å². The van der Waals surface area contributed by atoms with E-state index in [0.29, 0.717) is 11.8 Å². The highest BCUT2D eigenvalue weighted by molar-refractivity contribution is 5.23. The molecule has 0 saturated heterocycles. The molecule has 0 heteroatoms. The second-order valence-corrected chi connectivity index (χ2v) is 7.50. The van der Waals surface area contributed by atoms with Gasteiger partial charge in [0.15, 0.2) is 0 Å². The van der Waals surface area contributed by atoms with E-state index < -0.39 is 0 Å². The van der Waals surface area contributed by atoms with Gasteiger partial charge in [-0.3, -0.25) is 0 Å². The Balaban J connectivity index is 0. The van der Waals surface area contributed by atoms with E-state index in [2.05, 4.69) is 84.2 Å². The summed E-state index contributed by atoms with van der Waals surface area (Å²) in [7, 11) is 0. The van der Waals surface area contributed by atoms with Gasteiger partial charge in [-0.25, -0.2) is 0 Å². The van der Waals surface area contributed by atoms with Gasteiger partial charge in [-0.15, -0.1) is 6.58 Å². The van der Waals surface area contributed by atoms with Crippen LogP contribution in [0.1, 0.15) is 85.3 Å². The third kappa shape index (κ3) is 13.9. The Labute approximate surface area is 183 Å². The average molecular weight is 397 g/mol. The molecule has 0 radical (unpaired) electrons. The fourth-order valence-electron chi connectivity index (χ4n) is 3.38. The summed E-state index contributed by atoms with van der Waals surface area (Å²) < 4.78 is 0. The van der Waals surface area contributed by atoms with E-state index >= 15 is 0 Å². The molecule has 0 saturated carbocycles. The van der Waals surface area contributed by atoms with E-state index in [0.717, 1.165) is 12.8 Å². The molecular formula is C29H48. The van der Waals surface area contributed by atoms with Crippen molar-refractivity contribution < 1.29 is 0 Å². The Bertz CT molecular complexity index is 583. The van der Waals surface area contributed by atoms with Crippen LogP contribution in [-0.4, -0.2) is 0 Å². The molecule has 0 fully saturated rings. The first-order valence-corrected chi connectivity index (χ1v) is 11.5. The molecule has 0 aliphatic rings. The maximum absolute atomic E-state index is 3.95. The summed E-state index contributed by atoms with van der Waals surface area (Å²) in [4.78, 5) is 0. The first-order chi connectivity index (χ1) is 13.9. The maximum Gasteiger partial charge on any atom is -0.0157 e. The van der Waals surface area contributed by atoms with Gasteiger partial charge in [-0.1, -0.05) is 106 Å². The molecule has 0 bridgehead atoms. The van der Waals surface area contributed by atoms with Gasteiger partial charge in [0.05, 0.1) is 0 Å². The van der Waals surface area contributed by atoms with Gasteiger partial charge in [-0.05, 0) is 70.3 Å². The number of rotatable bonds is 10. The van der Waals surface area contributed by atoms with E-state index in [1.807, 2.05) is 26.8 Å². The average Bonchev–Trinajstić information content (AvgIpc) is 2.72. The standard InChI is InChI=1S/C24H36.C3H6.C2H6/c1-7-10-20(5)18-23(24(11-8-2)21(6)9-3)17-16-22-14-12-19(4)13-15-22;1-3-2;1-2/h8,10-15,21,23H,2,7,9,16-18H2,1,3-6H3;3H,1H2,2H3;1-2H3/b20-10-,24-11+;;. The smallest absolute Gasteiger partial charge is 0.0157 e. The van der Waals surface area contributed by atoms with Gasteiger partial charge in [0.1, 0.15) is 0 Å². The second-order valence-electron chi connectivity index (χ2n) is 7.50. The largest absolute Gasteiger partial charge is 0.103 e. The molecule has 0 nitrogen and oxygen atoms in total. The molecule has 1 rings (SSSR count). The van der Waals surface area contributed by atoms with Crippen LogP contribution in [0, 0.1) is 18.8 Å². The molecular weight excluding hydrogens is 348 g/mol. The summed E-state index contributed by atoms with van der Waals surface area (Å²) in [5, 5.41) is 0. The van der Waals surface area contributed by atoms with Crippen LogP contribution >= 0.6 is 0 Å². The van der Waals surface area contributed by atoms with E-state index in [-0.39, 0.29) is 0 Å². The highest BCUT2D eigenvalue weighted by Gasteiger charge is 2.19. The van der Waals surface area contributed by atoms with Crippen molar-refractivity contribution in [3.05, 3.63) is 84.0 Å². The number of allylic oxidation sites excluding steroid dienone is 6. The Morgan fingerprint density at radius 3 is 2.07 bits per heavy atom. The van der Waals surface area contributed by atoms with Crippen molar-refractivity contribution in [1.82, 2.24) is 0 Å². The molecule has 1 aromatic rings. The van der Waals surface area contributed by atoms with Gasteiger partial charge in [0, 0.05) is 0 Å². The zero-order valence-electron chi connectivity index (χ0n) is 20.7. The molecule has 0 aromatic heterocycles. The third-order valence-electron chi connectivity index (χ3n) is 4.99. The van der Waals surface area contributed by atoms with Crippen molar-refractivity contribution in [2.75, 3.05) is 0 Å². The normalized spacial score (nSPS) is 13.2. The fraction of sp³-hybridized carbons (Fsp3) is 0.517. The van der Waals surface area contributed by atoms with Crippen molar-refractivity contribution in [3.8, 4) is 0 Å². The quantitative estimate of drug-likeness (QED) is 0.273. The zero-order chi connectivity index (χ0) is 22.7. The molecule has 0 spiro atoms. The van der Waals surface area contributed by atoms with Gasteiger partial charge < -0.3 is 0 Å². The Hall–Kier alpha value is -1.82. The van der Waals surface area contributed by atoms with Gasteiger partial charge in [-0.2, -0.15) is 0 Å². The monoisotopic (exact) mass is 396 g/mol. The molecule has 1 aromatic carbocycles. The predicted molar refractivity (Wildman–Crippen MR) is 137 cm³/mol. The fourth-order valence-corrected chi connectivity index (χ4v) is 3.38. The number of hydrogen-bond acceptors (Lipinski definition) is 0. The summed E-state index contributed by atoms with van der Waals surface area (Å²) in [6.07, 6.45) is 14.2. The Kier molecular flexibility index (Phi) is 19.8. The van der Waals surface area contributed by atoms with Crippen molar-refractivity contribution in [1.29, 1.82) is 0 Å². The van der Waals surface area contributed by atoms with Crippen LogP contribution in [0.3, 0.4) is 0 Å². The molecule has 29 heavy (non-hydrogen) atoms. The lowest BCUT2D eigenvalue weighted by Crippen LogP contribution is -2.13. The topological polar surface area (TPSA) is 0 Å². The minimum atomic E-state index is 0.613. The zero-order valence-corrected chi connectivity index (χ0v) is 20.7. The molecule has 0 amide bonds. The van der Waals surface area contributed by atoms with Gasteiger partial charge in [0.2, 0.25) is 0 Å². The summed E-state index contributed by atoms with van der Waals surface area (Å²) in [6.45, 7) is 24.5. The molecule has 2 atom stereocenters. The number of hydrogen-bond donors (Lipinski definition) is 0. The first kappa shape index (κ1) is 29.4. The van der Waals surface area contributed by atoms with Crippen molar-refractivity contribution in [3.63, 3.8) is 0 Å². The SMILES string of the molecule is C=C/C=C(\C(C)CC)C(CCc1ccc(C)cc1)C/C(C)=C\CC.C=CC.CC. The summed E-state index contributed by atoms with van der Waals surface area (Å²) in [5.41, 5.74) is 5.88. The summed E-state index contributed by atoms with van der Waals surface area (Å²) in [5.74, 6) is 1.24. The van der Waals surface area contributed by atoms with Crippen LogP contribution in [0.4, 0.5) is 0 Å². The molecule has 2 unspecified atom stereocenters. The van der Waals surface area contributed by atoms with Crippen LogP contribution in [0.25, 0.3) is 0 Å². The Morgan fingerprint density at radius 2 is 1.62 bits per heavy atom. The van der Waals surface area contributed by atoms with Crippen molar-refractivity contribution in [2.24, 2.45) is 11.8 Å². The third-order valence-corrected chi connectivity index (χ3v) is 4.99. The lowest BCUT2D eigenvalue weighted by Gasteiger charge is -2.25. The second kappa shape index (κ2) is 19.5. The van der Waals surface area contributed by atoms with Crippen molar-refractivity contribution >= 4 is 0 Å². The lowest BCUT2D eigenvalue weighted by atomic mass is 9.80. The van der Waals surface area contributed by atoms with E-state index in [1.165, 1.54) is 36.0 Å². The molecule has 0 N–H and O–H groups in total. The minimum Gasteiger partial charge on any atom is -0.103 e. The summed E-state index contributed by atoms with van der Waals surface area (Å²) >= 11 is 0. The van der Waals surface area contributed by atoms with E-state index in [9.17, 15) is 0 Å². The Morgan fingerprint density at radius 1 is 1.07 bits per heavy atom. The van der Waals surface area contributed by atoms with Crippen LogP contribution in [0.15, 0.2) is 72.9 Å². The first-order valence-electron chi connectivity index (χ1n) is 11.5. The number of aryl methyl sites for hydroxylation is 2. The van der Waals surface area contributed by atoms with Crippen molar-refractivity contribution in [2.45, 2.75) is 87.5 Å². The van der Waals surface area contributed by atoms with Gasteiger partial charge in [0.25, 0.3) is 0 Å². The predicted octanol–water partition coefficient (Wildman–Crippen LogP) is 9.67. The highest BCUT2D eigenvalue weighted by atomic mass is 14.2. The molecule has 0 aliphatic carbocycles. The highest BCUT2D eigenvalue weighted by Crippen LogP contribution is 2.32. The van der Waals surface area contributed by atoms with Crippen LogP contribution < -0.4 is 0 Å². The van der Waals surface area contributed by atoms with Crippen LogP contribution in [0.5, 0.6) is 0 Å². The van der Waals surface area contributed by atoms with E-state index in [1.54, 1.807) is 11.6 Å². The van der Waals surface area contributed by atoms with Crippen LogP contribution in [0.2, 0.25) is 0 Å². The lowest BCUT2D eigenvalue weighted by molar-refractivity contribution is 0.478. The molecule has 0 aliphatic heterocycles. The minimum absolute atomic E-state index is 0.613. The number of benzene rings is 1.